The molecule has 0 unspecified atom stereocenters. The van der Waals surface area contributed by atoms with Crippen molar-refractivity contribution >= 4 is 24.0 Å². The fourth-order valence-electron chi connectivity index (χ4n) is 4.17. The van der Waals surface area contributed by atoms with Crippen molar-refractivity contribution in [1.82, 2.24) is 9.80 Å². The minimum Gasteiger partial charge on any atom is -0.447 e. The van der Waals surface area contributed by atoms with E-state index in [0.717, 1.165) is 20.9 Å². The molecule has 0 saturated carbocycles. The second-order valence-corrected chi connectivity index (χ2v) is 8.25. The van der Waals surface area contributed by atoms with E-state index in [9.17, 15) is 19.2 Å². The summed E-state index contributed by atoms with van der Waals surface area (Å²) < 4.78 is 10.2. The minimum absolute atomic E-state index is 0.0500. The maximum atomic E-state index is 12.7. The van der Waals surface area contributed by atoms with Gasteiger partial charge in [-0.15, -0.1) is 0 Å². The largest absolute Gasteiger partial charge is 0.447 e. The molecule has 4 amide bonds. The maximum Gasteiger partial charge on any atom is 0.416 e. The van der Waals surface area contributed by atoms with Crippen molar-refractivity contribution in [1.29, 1.82) is 0 Å². The van der Waals surface area contributed by atoms with Gasteiger partial charge in [-0.05, 0) is 24.0 Å². The van der Waals surface area contributed by atoms with Crippen molar-refractivity contribution < 1.29 is 28.7 Å². The van der Waals surface area contributed by atoms with E-state index in [-0.39, 0.29) is 38.1 Å². The first-order valence-corrected chi connectivity index (χ1v) is 11.2. The highest BCUT2D eigenvalue weighted by atomic mass is 16.6. The van der Waals surface area contributed by atoms with Crippen LogP contribution in [-0.2, 0) is 31.9 Å². The molecule has 0 spiro atoms. The molecular formula is C26H26N2O6. The van der Waals surface area contributed by atoms with Gasteiger partial charge in [0.25, 0.3) is 0 Å². The molecule has 34 heavy (non-hydrogen) atoms. The third-order valence-electron chi connectivity index (χ3n) is 5.84. The SMILES string of the molecule is O=C(C/C=C/CC(=O)N1C(=O)OC[C@@H]1Cc1ccccc1)N1C(=O)OC[C@@H]1Cc1ccccc1. The topological polar surface area (TPSA) is 93.2 Å². The van der Waals surface area contributed by atoms with Gasteiger partial charge in [-0.25, -0.2) is 19.4 Å². The Hall–Kier alpha value is -3.94. The molecule has 176 valence electrons. The van der Waals surface area contributed by atoms with Gasteiger partial charge >= 0.3 is 12.2 Å². The lowest BCUT2D eigenvalue weighted by molar-refractivity contribution is -0.129. The summed E-state index contributed by atoms with van der Waals surface area (Å²) in [6, 6.07) is 18.4. The summed E-state index contributed by atoms with van der Waals surface area (Å²) in [7, 11) is 0. The summed E-state index contributed by atoms with van der Waals surface area (Å²) in [5.41, 5.74) is 2.01. The maximum absolute atomic E-state index is 12.7. The van der Waals surface area contributed by atoms with Crippen LogP contribution in [0.1, 0.15) is 24.0 Å². The van der Waals surface area contributed by atoms with Crippen LogP contribution < -0.4 is 0 Å². The quantitative estimate of drug-likeness (QED) is 0.558. The summed E-state index contributed by atoms with van der Waals surface area (Å²) in [6.07, 6.45) is 2.70. The second kappa shape index (κ2) is 10.8. The van der Waals surface area contributed by atoms with E-state index < -0.39 is 24.0 Å². The van der Waals surface area contributed by atoms with Crippen LogP contribution in [0, 0.1) is 0 Å². The van der Waals surface area contributed by atoms with Gasteiger partial charge in [-0.1, -0.05) is 72.8 Å². The third kappa shape index (κ3) is 5.51. The van der Waals surface area contributed by atoms with E-state index in [1.165, 1.54) is 0 Å². The molecule has 2 aliphatic rings. The molecule has 2 saturated heterocycles. The Labute approximate surface area is 197 Å². The van der Waals surface area contributed by atoms with Gasteiger partial charge in [0.2, 0.25) is 11.8 Å². The van der Waals surface area contributed by atoms with Gasteiger partial charge in [-0.3, -0.25) is 9.59 Å². The molecule has 8 heteroatoms. The van der Waals surface area contributed by atoms with Gasteiger partial charge < -0.3 is 9.47 Å². The number of imide groups is 2. The van der Waals surface area contributed by atoms with Crippen LogP contribution >= 0.6 is 0 Å². The van der Waals surface area contributed by atoms with Crippen LogP contribution in [0.25, 0.3) is 0 Å². The van der Waals surface area contributed by atoms with Crippen LogP contribution in [0.15, 0.2) is 72.8 Å². The summed E-state index contributed by atoms with van der Waals surface area (Å²) in [6.45, 7) is 0.309. The van der Waals surface area contributed by atoms with E-state index in [2.05, 4.69) is 0 Å². The van der Waals surface area contributed by atoms with Gasteiger partial charge in [0, 0.05) is 12.8 Å². The Morgan fingerprint density at radius 2 is 1.09 bits per heavy atom. The van der Waals surface area contributed by atoms with Crippen molar-refractivity contribution in [3.05, 3.63) is 83.9 Å². The molecule has 2 fully saturated rings. The average molecular weight is 463 g/mol. The first kappa shape index (κ1) is 23.2. The Kier molecular flexibility index (Phi) is 7.37. The molecule has 2 heterocycles. The van der Waals surface area contributed by atoms with Crippen LogP contribution in [0.2, 0.25) is 0 Å². The molecule has 0 aromatic heterocycles. The van der Waals surface area contributed by atoms with Gasteiger partial charge in [-0.2, -0.15) is 0 Å². The molecule has 8 nitrogen and oxygen atoms in total. The summed E-state index contributed by atoms with van der Waals surface area (Å²) >= 11 is 0. The number of hydrogen-bond acceptors (Lipinski definition) is 6. The average Bonchev–Trinajstić information content (AvgIpc) is 3.39. The predicted molar refractivity (Wildman–Crippen MR) is 123 cm³/mol. The van der Waals surface area contributed by atoms with Gasteiger partial charge in [0.15, 0.2) is 0 Å². The Balaban J connectivity index is 1.30. The monoisotopic (exact) mass is 462 g/mol. The lowest BCUT2D eigenvalue weighted by Gasteiger charge is -2.19. The molecule has 2 aromatic rings. The number of hydrogen-bond donors (Lipinski definition) is 0. The summed E-state index contributed by atoms with van der Waals surface area (Å²) in [5.74, 6) is -0.788. The zero-order valence-corrected chi connectivity index (χ0v) is 18.7. The molecule has 0 N–H and O–H groups in total. The number of carbonyl (C=O) groups is 4. The number of cyclic esters (lactones) is 2. The van der Waals surface area contributed by atoms with Gasteiger partial charge in [0.1, 0.15) is 13.2 Å². The highest BCUT2D eigenvalue weighted by molar-refractivity contribution is 5.95. The standard InChI is InChI=1S/C26H26N2O6/c29-23(27-21(17-33-25(27)31)15-19-9-3-1-4-10-19)13-7-8-14-24(30)28-22(18-34-26(28)32)16-20-11-5-2-6-12-20/h1-12,21-22H,13-18H2/b8-7+/t21-,22-/m0/s1. The first-order valence-electron chi connectivity index (χ1n) is 11.2. The van der Waals surface area contributed by atoms with Crippen molar-refractivity contribution in [3.8, 4) is 0 Å². The van der Waals surface area contributed by atoms with Crippen LogP contribution in [-0.4, -0.2) is 59.1 Å². The molecule has 0 bridgehead atoms. The van der Waals surface area contributed by atoms with Crippen molar-refractivity contribution in [2.45, 2.75) is 37.8 Å². The normalized spacial score (nSPS) is 20.0. The van der Waals surface area contributed by atoms with Crippen molar-refractivity contribution in [2.24, 2.45) is 0 Å². The highest BCUT2D eigenvalue weighted by Crippen LogP contribution is 2.20. The van der Waals surface area contributed by atoms with Gasteiger partial charge in [0.05, 0.1) is 12.1 Å². The smallest absolute Gasteiger partial charge is 0.416 e. The third-order valence-corrected chi connectivity index (χ3v) is 5.84. The van der Waals surface area contributed by atoms with E-state index in [1.54, 1.807) is 12.2 Å². The first-order chi connectivity index (χ1) is 16.5. The van der Waals surface area contributed by atoms with E-state index >= 15 is 0 Å². The fraction of sp³-hybridized carbons (Fsp3) is 0.308. The Bertz CT molecular complexity index is 984. The van der Waals surface area contributed by atoms with E-state index in [0.29, 0.717) is 12.8 Å². The zero-order valence-electron chi connectivity index (χ0n) is 18.7. The van der Waals surface area contributed by atoms with E-state index in [4.69, 9.17) is 9.47 Å². The highest BCUT2D eigenvalue weighted by Gasteiger charge is 2.38. The number of rotatable bonds is 8. The molecule has 0 aliphatic carbocycles. The second-order valence-electron chi connectivity index (χ2n) is 8.25. The lowest BCUT2D eigenvalue weighted by atomic mass is 10.1. The predicted octanol–water partition coefficient (Wildman–Crippen LogP) is 3.50. The van der Waals surface area contributed by atoms with Crippen molar-refractivity contribution in [2.75, 3.05) is 13.2 Å². The number of ether oxygens (including phenoxy) is 2. The van der Waals surface area contributed by atoms with Crippen molar-refractivity contribution in [3.63, 3.8) is 0 Å². The lowest BCUT2D eigenvalue weighted by Crippen LogP contribution is -2.40. The summed E-state index contributed by atoms with van der Waals surface area (Å²) in [4.78, 5) is 51.8. The van der Waals surface area contributed by atoms with E-state index in [1.807, 2.05) is 60.7 Å². The molecule has 0 radical (unpaired) electrons. The number of benzene rings is 2. The molecule has 2 aromatic carbocycles. The fourth-order valence-corrected chi connectivity index (χ4v) is 4.17. The molecule has 4 rings (SSSR count). The van der Waals surface area contributed by atoms with Crippen LogP contribution in [0.3, 0.4) is 0 Å². The Morgan fingerprint density at radius 3 is 1.47 bits per heavy atom. The number of carbonyl (C=O) groups excluding carboxylic acids is 4. The molecule has 2 aliphatic heterocycles. The number of nitrogens with zero attached hydrogens (tertiary/aromatic N) is 2. The number of amides is 4. The minimum atomic E-state index is -0.654. The van der Waals surface area contributed by atoms with Crippen LogP contribution in [0.5, 0.6) is 0 Å². The molecular weight excluding hydrogens is 436 g/mol. The zero-order chi connectivity index (χ0) is 23.9. The summed E-state index contributed by atoms with van der Waals surface area (Å²) in [5, 5.41) is 0. The molecule has 2 atom stereocenters. The van der Waals surface area contributed by atoms with Crippen LogP contribution in [0.4, 0.5) is 9.59 Å². The Morgan fingerprint density at radius 1 is 0.706 bits per heavy atom.